The first-order valence-electron chi connectivity index (χ1n) is 7.00. The van der Waals surface area contributed by atoms with Crippen LogP contribution in [0.3, 0.4) is 0 Å². The number of para-hydroxylation sites is 1. The van der Waals surface area contributed by atoms with Gasteiger partial charge in [0, 0.05) is 30.9 Å². The number of β-amino-alcohol motifs (C(OH)–C–C–N with tert-alkyl or cyclic N) is 1. The van der Waals surface area contributed by atoms with E-state index in [0.29, 0.717) is 19.8 Å². The summed E-state index contributed by atoms with van der Waals surface area (Å²) in [5.41, 5.74) is 1.99. The molecule has 2 rings (SSSR count). The first-order chi connectivity index (χ1) is 9.22. The summed E-state index contributed by atoms with van der Waals surface area (Å²) in [7, 11) is 0. The molecule has 0 bridgehead atoms. The third-order valence-corrected chi connectivity index (χ3v) is 3.49. The Balaban J connectivity index is 2.10. The molecule has 0 saturated carbocycles. The van der Waals surface area contributed by atoms with Crippen LogP contribution >= 0.6 is 0 Å². The molecule has 4 nitrogen and oxygen atoms in total. The highest BCUT2D eigenvalue weighted by molar-refractivity contribution is 5.55. The Bertz CT molecular complexity index is 397. The van der Waals surface area contributed by atoms with Gasteiger partial charge in [-0.2, -0.15) is 0 Å². The molecule has 2 atom stereocenters. The Labute approximate surface area is 114 Å². The van der Waals surface area contributed by atoms with Gasteiger partial charge < -0.3 is 19.8 Å². The van der Waals surface area contributed by atoms with E-state index in [-0.39, 0.29) is 0 Å². The summed E-state index contributed by atoms with van der Waals surface area (Å²) in [5.74, 6) is 0. The third-order valence-electron chi connectivity index (χ3n) is 3.49. The highest BCUT2D eigenvalue weighted by atomic mass is 16.5. The lowest BCUT2D eigenvalue weighted by molar-refractivity contribution is 0.0463. The molecule has 106 valence electrons. The first kappa shape index (κ1) is 14.3. The van der Waals surface area contributed by atoms with E-state index < -0.39 is 12.2 Å². The zero-order valence-electron chi connectivity index (χ0n) is 11.5. The fourth-order valence-corrected chi connectivity index (χ4v) is 2.56. The Morgan fingerprint density at radius 3 is 3.00 bits per heavy atom. The SMILES string of the molecule is CCOCC(O)CN1CCCC(O)c2ccccc21. The topological polar surface area (TPSA) is 52.9 Å². The maximum atomic E-state index is 10.1. The number of ether oxygens (including phenoxy) is 1. The van der Waals surface area contributed by atoms with Crippen LogP contribution in [0.15, 0.2) is 24.3 Å². The van der Waals surface area contributed by atoms with Crippen LogP contribution in [0, 0.1) is 0 Å². The minimum atomic E-state index is -0.497. The minimum absolute atomic E-state index is 0.359. The van der Waals surface area contributed by atoms with Gasteiger partial charge in [0.15, 0.2) is 0 Å². The van der Waals surface area contributed by atoms with Gasteiger partial charge in [-0.25, -0.2) is 0 Å². The van der Waals surface area contributed by atoms with Gasteiger partial charge in [0.05, 0.1) is 18.8 Å². The fourth-order valence-electron chi connectivity index (χ4n) is 2.56. The fraction of sp³-hybridized carbons (Fsp3) is 0.600. The molecule has 4 heteroatoms. The van der Waals surface area contributed by atoms with Crippen LogP contribution in [0.5, 0.6) is 0 Å². The van der Waals surface area contributed by atoms with Gasteiger partial charge in [0.2, 0.25) is 0 Å². The van der Waals surface area contributed by atoms with Crippen molar-refractivity contribution in [3.05, 3.63) is 29.8 Å². The summed E-state index contributed by atoms with van der Waals surface area (Å²) in [5, 5.41) is 20.1. The molecule has 0 aliphatic carbocycles. The lowest BCUT2D eigenvalue weighted by atomic mass is 10.0. The number of anilines is 1. The van der Waals surface area contributed by atoms with E-state index >= 15 is 0 Å². The van der Waals surface area contributed by atoms with Crippen LogP contribution in [0.2, 0.25) is 0 Å². The molecular formula is C15H23NO3. The van der Waals surface area contributed by atoms with Crippen molar-refractivity contribution in [2.75, 3.05) is 31.2 Å². The van der Waals surface area contributed by atoms with Crippen LogP contribution in [-0.4, -0.2) is 42.6 Å². The number of nitrogens with zero attached hydrogens (tertiary/aromatic N) is 1. The van der Waals surface area contributed by atoms with Crippen molar-refractivity contribution >= 4 is 5.69 Å². The van der Waals surface area contributed by atoms with E-state index in [9.17, 15) is 10.2 Å². The smallest absolute Gasteiger partial charge is 0.0947 e. The average molecular weight is 265 g/mol. The predicted octanol–water partition coefficient (Wildman–Crippen LogP) is 1.72. The molecule has 1 aliphatic rings. The van der Waals surface area contributed by atoms with E-state index in [1.165, 1.54) is 0 Å². The van der Waals surface area contributed by atoms with Crippen LogP contribution in [0.1, 0.15) is 31.4 Å². The molecule has 19 heavy (non-hydrogen) atoms. The summed E-state index contributed by atoms with van der Waals surface area (Å²) < 4.78 is 5.25. The van der Waals surface area contributed by atoms with Crippen molar-refractivity contribution < 1.29 is 14.9 Å². The van der Waals surface area contributed by atoms with Gasteiger partial charge in [0.25, 0.3) is 0 Å². The molecule has 0 saturated heterocycles. The zero-order valence-corrected chi connectivity index (χ0v) is 11.5. The van der Waals surface area contributed by atoms with Crippen LogP contribution < -0.4 is 4.90 Å². The second-order valence-corrected chi connectivity index (χ2v) is 4.98. The van der Waals surface area contributed by atoms with Gasteiger partial charge in [0.1, 0.15) is 0 Å². The average Bonchev–Trinajstić information content (AvgIpc) is 2.58. The number of benzene rings is 1. The first-order valence-corrected chi connectivity index (χ1v) is 7.00. The normalized spacial score (nSPS) is 20.8. The van der Waals surface area contributed by atoms with Gasteiger partial charge >= 0.3 is 0 Å². The molecule has 0 aromatic heterocycles. The van der Waals surface area contributed by atoms with Crippen LogP contribution in [0.25, 0.3) is 0 Å². The molecular weight excluding hydrogens is 242 g/mol. The molecule has 1 aliphatic heterocycles. The standard InChI is InChI=1S/C15H23NO3/c1-2-19-11-12(17)10-16-9-5-8-15(18)13-6-3-4-7-14(13)16/h3-4,6-7,12,15,17-18H,2,5,8-11H2,1H3. The summed E-state index contributed by atoms with van der Waals surface area (Å²) in [6.45, 7) is 4.30. The largest absolute Gasteiger partial charge is 0.389 e. The molecule has 0 radical (unpaired) electrons. The molecule has 0 fully saturated rings. The molecule has 0 amide bonds. The summed E-state index contributed by atoms with van der Waals surface area (Å²) >= 11 is 0. The van der Waals surface area contributed by atoms with E-state index in [2.05, 4.69) is 4.90 Å². The van der Waals surface area contributed by atoms with Crippen LogP contribution in [0.4, 0.5) is 5.69 Å². The molecule has 2 N–H and O–H groups in total. The van der Waals surface area contributed by atoms with Crippen molar-refractivity contribution in [1.82, 2.24) is 0 Å². The van der Waals surface area contributed by atoms with Gasteiger partial charge in [-0.15, -0.1) is 0 Å². The molecule has 1 heterocycles. The summed E-state index contributed by atoms with van der Waals surface area (Å²) in [6.07, 6.45) is 0.806. The minimum Gasteiger partial charge on any atom is -0.389 e. The Morgan fingerprint density at radius 2 is 2.21 bits per heavy atom. The Morgan fingerprint density at radius 1 is 1.42 bits per heavy atom. The van der Waals surface area contributed by atoms with Crippen molar-refractivity contribution in [1.29, 1.82) is 0 Å². The summed E-state index contributed by atoms with van der Waals surface area (Å²) in [4.78, 5) is 2.15. The number of aliphatic hydroxyl groups excluding tert-OH is 2. The second-order valence-electron chi connectivity index (χ2n) is 4.98. The molecule has 2 unspecified atom stereocenters. The Kier molecular flexibility index (Phi) is 5.19. The van der Waals surface area contributed by atoms with Crippen molar-refractivity contribution in [3.8, 4) is 0 Å². The molecule has 1 aromatic carbocycles. The third kappa shape index (κ3) is 3.69. The highest BCUT2D eigenvalue weighted by Gasteiger charge is 2.22. The number of rotatable bonds is 5. The molecule has 0 spiro atoms. The number of fused-ring (bicyclic) bond motifs is 1. The van der Waals surface area contributed by atoms with Gasteiger partial charge in [-0.3, -0.25) is 0 Å². The Hall–Kier alpha value is -1.10. The van der Waals surface area contributed by atoms with E-state index in [1.54, 1.807) is 0 Å². The lowest BCUT2D eigenvalue weighted by Crippen LogP contribution is -2.35. The van der Waals surface area contributed by atoms with E-state index in [1.807, 2.05) is 31.2 Å². The maximum Gasteiger partial charge on any atom is 0.0947 e. The van der Waals surface area contributed by atoms with Gasteiger partial charge in [-0.05, 0) is 25.8 Å². The number of hydrogen-bond donors (Lipinski definition) is 2. The van der Waals surface area contributed by atoms with E-state index in [0.717, 1.165) is 30.6 Å². The summed E-state index contributed by atoms with van der Waals surface area (Å²) in [6, 6.07) is 7.89. The quantitative estimate of drug-likeness (QED) is 0.851. The second kappa shape index (κ2) is 6.89. The monoisotopic (exact) mass is 265 g/mol. The number of aliphatic hydroxyl groups is 2. The van der Waals surface area contributed by atoms with Crippen molar-refractivity contribution in [2.24, 2.45) is 0 Å². The highest BCUT2D eigenvalue weighted by Crippen LogP contribution is 2.32. The van der Waals surface area contributed by atoms with E-state index in [4.69, 9.17) is 4.74 Å². The number of hydrogen-bond acceptors (Lipinski definition) is 4. The lowest BCUT2D eigenvalue weighted by Gasteiger charge is -2.27. The zero-order chi connectivity index (χ0) is 13.7. The van der Waals surface area contributed by atoms with Crippen molar-refractivity contribution in [2.45, 2.75) is 32.0 Å². The van der Waals surface area contributed by atoms with Crippen molar-refractivity contribution in [3.63, 3.8) is 0 Å². The van der Waals surface area contributed by atoms with Gasteiger partial charge in [-0.1, -0.05) is 18.2 Å². The maximum absolute atomic E-state index is 10.1. The van der Waals surface area contributed by atoms with Crippen LogP contribution in [-0.2, 0) is 4.74 Å². The molecule has 1 aromatic rings. The predicted molar refractivity (Wildman–Crippen MR) is 75.3 cm³/mol.